The lowest BCUT2D eigenvalue weighted by molar-refractivity contribution is 1.13. The second kappa shape index (κ2) is 6.39. The summed E-state index contributed by atoms with van der Waals surface area (Å²) in [4.78, 5) is 2.04. The zero-order valence-electron chi connectivity index (χ0n) is 10.8. The van der Waals surface area contributed by atoms with E-state index >= 15 is 0 Å². The summed E-state index contributed by atoms with van der Waals surface area (Å²) >= 11 is 0. The van der Waals surface area contributed by atoms with Crippen LogP contribution in [-0.2, 0) is 0 Å². The molecule has 0 aliphatic carbocycles. The number of para-hydroxylation sites is 2. The topological polar surface area (TPSA) is 81.3 Å². The minimum atomic E-state index is 0.646. The van der Waals surface area contributed by atoms with E-state index < -0.39 is 0 Å². The van der Waals surface area contributed by atoms with E-state index in [1.807, 2.05) is 55.4 Å². The number of hydrogen-bond donors (Lipinski definition) is 3. The molecule has 2 aromatic carbocycles. The molecule has 0 radical (unpaired) electrons. The van der Waals surface area contributed by atoms with Gasteiger partial charge >= 0.3 is 0 Å². The minimum Gasteiger partial charge on any atom is -0.399 e. The number of benzene rings is 2. The Kier molecular flexibility index (Phi) is 4.87. The highest BCUT2D eigenvalue weighted by atomic mass is 15.1. The first-order valence-electron chi connectivity index (χ1n) is 5.63. The second-order valence-electron chi connectivity index (χ2n) is 4.11. The molecule has 18 heavy (non-hydrogen) atoms. The van der Waals surface area contributed by atoms with Crippen LogP contribution >= 0.6 is 0 Å². The molecule has 0 aliphatic heterocycles. The molecule has 2 rings (SSSR count). The second-order valence-corrected chi connectivity index (χ2v) is 4.11. The molecule has 0 saturated carbocycles. The molecular weight excluding hydrogens is 224 g/mol. The highest BCUT2D eigenvalue weighted by Crippen LogP contribution is 2.12. The quantitative estimate of drug-likeness (QED) is 0.672. The molecule has 0 aliphatic rings. The lowest BCUT2D eigenvalue weighted by Gasteiger charge is -2.11. The van der Waals surface area contributed by atoms with Crippen molar-refractivity contribution in [1.29, 1.82) is 0 Å². The Morgan fingerprint density at radius 1 is 0.722 bits per heavy atom. The van der Waals surface area contributed by atoms with Crippen molar-refractivity contribution in [3.05, 3.63) is 48.5 Å². The van der Waals surface area contributed by atoms with Crippen molar-refractivity contribution < 1.29 is 0 Å². The summed E-state index contributed by atoms with van der Waals surface area (Å²) in [5, 5.41) is 0. The van der Waals surface area contributed by atoms with Crippen molar-refractivity contribution in [3.8, 4) is 0 Å². The van der Waals surface area contributed by atoms with Gasteiger partial charge in [0.1, 0.15) is 0 Å². The fourth-order valence-electron chi connectivity index (χ4n) is 1.28. The number of rotatable bonds is 1. The molecule has 2 aromatic rings. The maximum absolute atomic E-state index is 5.51. The molecule has 0 aromatic heterocycles. The maximum Gasteiger partial charge on any atom is 0.0547 e. The fraction of sp³-hybridized carbons (Fsp3) is 0.143. The molecule has 96 valence electrons. The third kappa shape index (κ3) is 4.25. The van der Waals surface area contributed by atoms with Gasteiger partial charge in [0.05, 0.1) is 11.4 Å². The number of nitrogen functional groups attached to an aromatic ring is 3. The van der Waals surface area contributed by atoms with Gasteiger partial charge in [0.25, 0.3) is 0 Å². The van der Waals surface area contributed by atoms with Crippen LogP contribution in [0.2, 0.25) is 0 Å². The van der Waals surface area contributed by atoms with Crippen LogP contribution in [0, 0.1) is 0 Å². The maximum atomic E-state index is 5.51. The molecule has 0 saturated heterocycles. The Labute approximate surface area is 108 Å². The first-order valence-corrected chi connectivity index (χ1v) is 5.63. The van der Waals surface area contributed by atoms with Gasteiger partial charge in [-0.2, -0.15) is 0 Å². The van der Waals surface area contributed by atoms with Crippen molar-refractivity contribution in [2.24, 2.45) is 0 Å². The van der Waals surface area contributed by atoms with E-state index in [2.05, 4.69) is 0 Å². The largest absolute Gasteiger partial charge is 0.399 e. The summed E-state index contributed by atoms with van der Waals surface area (Å²) in [6.07, 6.45) is 0. The zero-order chi connectivity index (χ0) is 13.5. The summed E-state index contributed by atoms with van der Waals surface area (Å²) in [6, 6.07) is 15.0. The Morgan fingerprint density at radius 2 is 1.17 bits per heavy atom. The zero-order valence-corrected chi connectivity index (χ0v) is 10.8. The third-order valence-corrected chi connectivity index (χ3v) is 2.41. The van der Waals surface area contributed by atoms with Gasteiger partial charge in [-0.05, 0) is 36.4 Å². The van der Waals surface area contributed by atoms with Gasteiger partial charge in [0.15, 0.2) is 0 Å². The van der Waals surface area contributed by atoms with Crippen LogP contribution in [0.25, 0.3) is 0 Å². The lowest BCUT2D eigenvalue weighted by atomic mass is 10.3. The summed E-state index contributed by atoms with van der Waals surface area (Å²) in [5.74, 6) is 0. The standard InChI is InChI=1S/C8H12N2.C6H8N2/c1-10(2)8-5-3-7(9)4-6-8;7-5-3-1-2-4-6(5)8/h3-6H,9H2,1-2H3;1-4H,7-8H2. The van der Waals surface area contributed by atoms with Gasteiger partial charge in [-0.1, -0.05) is 12.1 Å². The van der Waals surface area contributed by atoms with Gasteiger partial charge in [0.2, 0.25) is 0 Å². The van der Waals surface area contributed by atoms with Crippen molar-refractivity contribution in [3.63, 3.8) is 0 Å². The number of nitrogens with zero attached hydrogens (tertiary/aromatic N) is 1. The van der Waals surface area contributed by atoms with Crippen molar-refractivity contribution in [2.45, 2.75) is 0 Å². The SMILES string of the molecule is CN(C)c1ccc(N)cc1.Nc1ccccc1N. The highest BCUT2D eigenvalue weighted by Gasteiger charge is 1.91. The molecule has 0 fully saturated rings. The van der Waals surface area contributed by atoms with Crippen LogP contribution in [0.5, 0.6) is 0 Å². The number of nitrogens with two attached hydrogens (primary N) is 3. The predicted molar refractivity (Wildman–Crippen MR) is 80.4 cm³/mol. The van der Waals surface area contributed by atoms with Crippen LogP contribution in [0.15, 0.2) is 48.5 Å². The summed E-state index contributed by atoms with van der Waals surface area (Å²) < 4.78 is 0. The molecule has 0 unspecified atom stereocenters. The van der Waals surface area contributed by atoms with Gasteiger partial charge in [-0.25, -0.2) is 0 Å². The predicted octanol–water partition coefficient (Wildman–Crippen LogP) is 2.19. The van der Waals surface area contributed by atoms with E-state index in [1.54, 1.807) is 12.1 Å². The Morgan fingerprint density at radius 3 is 1.50 bits per heavy atom. The third-order valence-electron chi connectivity index (χ3n) is 2.41. The Hall–Kier alpha value is -2.36. The molecule has 0 heterocycles. The van der Waals surface area contributed by atoms with E-state index in [0.717, 1.165) is 5.69 Å². The van der Waals surface area contributed by atoms with E-state index in [0.29, 0.717) is 11.4 Å². The number of hydrogen-bond acceptors (Lipinski definition) is 4. The summed E-state index contributed by atoms with van der Waals surface area (Å²) in [7, 11) is 4.01. The first kappa shape index (κ1) is 13.7. The monoisotopic (exact) mass is 244 g/mol. The van der Waals surface area contributed by atoms with Gasteiger partial charge in [-0.15, -0.1) is 0 Å². The molecule has 4 heteroatoms. The fourth-order valence-corrected chi connectivity index (χ4v) is 1.28. The molecule has 0 amide bonds. The van der Waals surface area contributed by atoms with Crippen molar-refractivity contribution in [2.75, 3.05) is 36.2 Å². The van der Waals surface area contributed by atoms with Crippen molar-refractivity contribution in [1.82, 2.24) is 0 Å². The Balaban J connectivity index is 0.000000184. The normalized spacial score (nSPS) is 9.22. The number of anilines is 4. The van der Waals surface area contributed by atoms with Crippen LogP contribution in [0.4, 0.5) is 22.7 Å². The lowest BCUT2D eigenvalue weighted by Crippen LogP contribution is -2.08. The summed E-state index contributed by atoms with van der Waals surface area (Å²) in [6.45, 7) is 0. The van der Waals surface area contributed by atoms with E-state index in [4.69, 9.17) is 17.2 Å². The minimum absolute atomic E-state index is 0.646. The molecule has 0 spiro atoms. The smallest absolute Gasteiger partial charge is 0.0547 e. The molecule has 4 nitrogen and oxygen atoms in total. The van der Waals surface area contributed by atoms with E-state index in [1.165, 1.54) is 5.69 Å². The van der Waals surface area contributed by atoms with E-state index in [-0.39, 0.29) is 0 Å². The Bertz CT molecular complexity index is 456. The van der Waals surface area contributed by atoms with Crippen LogP contribution in [0.3, 0.4) is 0 Å². The average molecular weight is 244 g/mol. The average Bonchev–Trinajstić information content (AvgIpc) is 2.34. The van der Waals surface area contributed by atoms with Gasteiger partial charge < -0.3 is 22.1 Å². The van der Waals surface area contributed by atoms with Crippen molar-refractivity contribution >= 4 is 22.7 Å². The van der Waals surface area contributed by atoms with E-state index in [9.17, 15) is 0 Å². The summed E-state index contributed by atoms with van der Waals surface area (Å²) in [5.41, 5.74) is 19.6. The first-order chi connectivity index (χ1) is 8.50. The molecule has 0 bridgehead atoms. The molecule has 0 atom stereocenters. The van der Waals surface area contributed by atoms with Crippen LogP contribution in [-0.4, -0.2) is 14.1 Å². The van der Waals surface area contributed by atoms with Gasteiger partial charge in [0, 0.05) is 25.5 Å². The molecule has 6 N–H and O–H groups in total. The van der Waals surface area contributed by atoms with Gasteiger partial charge in [-0.3, -0.25) is 0 Å². The molecular formula is C14H20N4. The van der Waals surface area contributed by atoms with Crippen LogP contribution in [0.1, 0.15) is 0 Å². The van der Waals surface area contributed by atoms with Crippen LogP contribution < -0.4 is 22.1 Å². The highest BCUT2D eigenvalue weighted by molar-refractivity contribution is 5.62.